The summed E-state index contributed by atoms with van der Waals surface area (Å²) >= 11 is 5.93. The topological polar surface area (TPSA) is 29.4 Å². The van der Waals surface area contributed by atoms with Gasteiger partial charge in [-0.2, -0.15) is 0 Å². The fourth-order valence-corrected chi connectivity index (χ4v) is 1.61. The molecule has 0 saturated heterocycles. The van der Waals surface area contributed by atoms with Gasteiger partial charge >= 0.3 is 0 Å². The number of halogens is 1. The van der Waals surface area contributed by atoms with Crippen LogP contribution >= 0.6 is 11.6 Å². The van der Waals surface area contributed by atoms with Crippen molar-refractivity contribution in [2.45, 2.75) is 26.8 Å². The zero-order valence-corrected chi connectivity index (χ0v) is 8.72. The predicted molar refractivity (Wildman–Crippen MR) is 55.3 cm³/mol. The minimum Gasteiger partial charge on any atom is -0.298 e. The van der Waals surface area contributed by atoms with E-state index in [1.807, 2.05) is 20.8 Å². The number of rotatable bonds is 1. The van der Waals surface area contributed by atoms with Gasteiger partial charge in [0, 0.05) is 11.3 Å². The minimum atomic E-state index is 0.0349. The summed E-state index contributed by atoms with van der Waals surface area (Å²) in [6.45, 7) is 5.71. The van der Waals surface area contributed by atoms with Gasteiger partial charge in [0.2, 0.25) is 0 Å². The molecule has 0 spiro atoms. The molecule has 0 saturated carbocycles. The van der Waals surface area contributed by atoms with Gasteiger partial charge in [-0.05, 0) is 32.4 Å². The number of carbonyl (C=O) groups excluding carboxylic acids is 1. The van der Waals surface area contributed by atoms with Crippen molar-refractivity contribution in [2.75, 3.05) is 0 Å². The molecule has 1 aliphatic heterocycles. The molecule has 3 heteroatoms. The smallest absolute Gasteiger partial charge is 0.151 e. The van der Waals surface area contributed by atoms with E-state index in [0.717, 1.165) is 17.6 Å². The molecule has 0 aromatic rings. The summed E-state index contributed by atoms with van der Waals surface area (Å²) in [5.74, 6) is 0. The molecule has 13 heavy (non-hydrogen) atoms. The van der Waals surface area contributed by atoms with E-state index in [4.69, 9.17) is 11.6 Å². The molecule has 1 unspecified atom stereocenters. The molecule has 2 nitrogen and oxygen atoms in total. The van der Waals surface area contributed by atoms with Crippen LogP contribution in [0.15, 0.2) is 27.2 Å². The zero-order valence-electron chi connectivity index (χ0n) is 7.97. The van der Waals surface area contributed by atoms with E-state index in [1.165, 1.54) is 0 Å². The van der Waals surface area contributed by atoms with Gasteiger partial charge < -0.3 is 0 Å². The van der Waals surface area contributed by atoms with Crippen molar-refractivity contribution in [2.24, 2.45) is 4.99 Å². The molecule has 70 valence electrons. The SMILES string of the molecule is CC1=NC(C)C(C)=C(C=O)C(Cl)=C1. The standard InChI is InChI=1S/C10H12ClNO/c1-6-4-10(11)9(5-13)7(2)8(3)12-6/h4-5,8H,1-3H3. The fraction of sp³-hybridized carbons (Fsp3) is 0.400. The Labute approximate surface area is 83.0 Å². The zero-order chi connectivity index (χ0) is 10.0. The van der Waals surface area contributed by atoms with Crippen LogP contribution in [0.2, 0.25) is 0 Å². The Morgan fingerprint density at radius 2 is 2.15 bits per heavy atom. The molecule has 0 radical (unpaired) electrons. The lowest BCUT2D eigenvalue weighted by Crippen LogP contribution is -2.03. The maximum absolute atomic E-state index is 10.8. The summed E-state index contributed by atoms with van der Waals surface area (Å²) < 4.78 is 0. The molecule has 0 amide bonds. The Bertz CT molecular complexity index is 326. The van der Waals surface area contributed by atoms with Gasteiger partial charge in [-0.25, -0.2) is 0 Å². The number of allylic oxidation sites excluding steroid dienone is 3. The van der Waals surface area contributed by atoms with Crippen molar-refractivity contribution in [3.8, 4) is 0 Å². The fourth-order valence-electron chi connectivity index (χ4n) is 1.26. The molecular weight excluding hydrogens is 186 g/mol. The molecule has 0 aliphatic carbocycles. The normalized spacial score (nSPS) is 23.5. The van der Waals surface area contributed by atoms with Gasteiger partial charge in [0.1, 0.15) is 0 Å². The largest absolute Gasteiger partial charge is 0.298 e. The van der Waals surface area contributed by atoms with Gasteiger partial charge in [-0.15, -0.1) is 0 Å². The number of carbonyl (C=O) groups is 1. The van der Waals surface area contributed by atoms with Crippen molar-refractivity contribution >= 4 is 23.6 Å². The molecular formula is C10H12ClNO. The Hall–Kier alpha value is -0.890. The first-order chi connectivity index (χ1) is 6.06. The average molecular weight is 198 g/mol. The molecule has 0 aromatic carbocycles. The maximum atomic E-state index is 10.8. The third kappa shape index (κ3) is 2.07. The first kappa shape index (κ1) is 10.2. The molecule has 0 fully saturated rings. The van der Waals surface area contributed by atoms with Crippen LogP contribution in [0.1, 0.15) is 20.8 Å². The molecule has 0 N–H and O–H groups in total. The third-order valence-electron chi connectivity index (χ3n) is 2.16. The van der Waals surface area contributed by atoms with Gasteiger partial charge in [-0.1, -0.05) is 11.6 Å². The van der Waals surface area contributed by atoms with Crippen molar-refractivity contribution in [3.05, 3.63) is 22.3 Å². The molecule has 1 aliphatic rings. The van der Waals surface area contributed by atoms with Crippen LogP contribution in [0.5, 0.6) is 0 Å². The van der Waals surface area contributed by atoms with Crippen LogP contribution in [-0.2, 0) is 4.79 Å². The number of aliphatic imine (C=N–C) groups is 1. The monoisotopic (exact) mass is 197 g/mol. The van der Waals surface area contributed by atoms with Gasteiger partial charge in [-0.3, -0.25) is 9.79 Å². The molecule has 1 heterocycles. The molecule has 1 rings (SSSR count). The third-order valence-corrected chi connectivity index (χ3v) is 2.47. The highest BCUT2D eigenvalue weighted by atomic mass is 35.5. The van der Waals surface area contributed by atoms with Crippen LogP contribution in [-0.4, -0.2) is 18.0 Å². The van der Waals surface area contributed by atoms with Gasteiger partial charge in [0.05, 0.1) is 11.1 Å². The van der Waals surface area contributed by atoms with E-state index in [9.17, 15) is 4.79 Å². The molecule has 0 aromatic heterocycles. The van der Waals surface area contributed by atoms with E-state index in [-0.39, 0.29) is 6.04 Å². The first-order valence-electron chi connectivity index (χ1n) is 4.14. The Morgan fingerprint density at radius 3 is 2.69 bits per heavy atom. The predicted octanol–water partition coefficient (Wildman–Crippen LogP) is 2.49. The van der Waals surface area contributed by atoms with Gasteiger partial charge in [0.15, 0.2) is 6.29 Å². The van der Waals surface area contributed by atoms with Crippen molar-refractivity contribution in [3.63, 3.8) is 0 Å². The summed E-state index contributed by atoms with van der Waals surface area (Å²) in [7, 11) is 0. The van der Waals surface area contributed by atoms with Crippen molar-refractivity contribution in [1.29, 1.82) is 0 Å². The van der Waals surface area contributed by atoms with Gasteiger partial charge in [0.25, 0.3) is 0 Å². The summed E-state index contributed by atoms with van der Waals surface area (Å²) in [5.41, 5.74) is 2.34. The number of nitrogens with zero attached hydrogens (tertiary/aromatic N) is 1. The second-order valence-corrected chi connectivity index (χ2v) is 3.56. The highest BCUT2D eigenvalue weighted by Gasteiger charge is 2.14. The van der Waals surface area contributed by atoms with E-state index >= 15 is 0 Å². The number of aldehydes is 1. The quantitative estimate of drug-likeness (QED) is 0.594. The average Bonchev–Trinajstić information content (AvgIpc) is 2.11. The summed E-state index contributed by atoms with van der Waals surface area (Å²) in [6.07, 6.45) is 2.51. The lowest BCUT2D eigenvalue weighted by atomic mass is 10.1. The lowest BCUT2D eigenvalue weighted by molar-refractivity contribution is -0.104. The summed E-state index contributed by atoms with van der Waals surface area (Å²) in [6, 6.07) is 0.0349. The Kier molecular flexibility index (Phi) is 3.04. The highest BCUT2D eigenvalue weighted by molar-refractivity contribution is 6.36. The van der Waals surface area contributed by atoms with E-state index in [1.54, 1.807) is 6.08 Å². The Balaban J connectivity index is 3.25. The van der Waals surface area contributed by atoms with E-state index in [2.05, 4.69) is 4.99 Å². The van der Waals surface area contributed by atoms with E-state index in [0.29, 0.717) is 10.6 Å². The van der Waals surface area contributed by atoms with Crippen LogP contribution in [0.25, 0.3) is 0 Å². The van der Waals surface area contributed by atoms with Crippen LogP contribution in [0.3, 0.4) is 0 Å². The minimum absolute atomic E-state index is 0.0349. The second-order valence-electron chi connectivity index (χ2n) is 3.15. The number of hydrogen-bond donors (Lipinski definition) is 0. The van der Waals surface area contributed by atoms with Crippen molar-refractivity contribution < 1.29 is 4.79 Å². The number of hydrogen-bond acceptors (Lipinski definition) is 2. The summed E-state index contributed by atoms with van der Waals surface area (Å²) in [4.78, 5) is 15.1. The highest BCUT2D eigenvalue weighted by Crippen LogP contribution is 2.23. The maximum Gasteiger partial charge on any atom is 0.151 e. The summed E-state index contributed by atoms with van der Waals surface area (Å²) in [5, 5.41) is 0.484. The molecule has 1 atom stereocenters. The van der Waals surface area contributed by atoms with Crippen LogP contribution in [0, 0.1) is 0 Å². The Morgan fingerprint density at radius 1 is 1.54 bits per heavy atom. The molecule has 0 bridgehead atoms. The second kappa shape index (κ2) is 3.88. The van der Waals surface area contributed by atoms with Crippen LogP contribution in [0.4, 0.5) is 0 Å². The van der Waals surface area contributed by atoms with Crippen molar-refractivity contribution in [1.82, 2.24) is 0 Å². The first-order valence-corrected chi connectivity index (χ1v) is 4.52. The lowest BCUT2D eigenvalue weighted by Gasteiger charge is -2.07. The van der Waals surface area contributed by atoms with Crippen LogP contribution < -0.4 is 0 Å². The van der Waals surface area contributed by atoms with E-state index < -0.39 is 0 Å².